The Morgan fingerprint density at radius 1 is 0.547 bits per heavy atom. The lowest BCUT2D eigenvalue weighted by Gasteiger charge is -2.28. The average molecular weight is 681 g/mol. The Hall–Kier alpha value is -6.65. The lowest BCUT2D eigenvalue weighted by molar-refractivity contribution is 0.661. The fourth-order valence-corrected chi connectivity index (χ4v) is 8.85. The molecule has 53 heavy (non-hydrogen) atoms. The molecule has 252 valence electrons. The molecule has 9 aromatic rings. The number of nitrogens with zero attached hydrogens (tertiary/aromatic N) is 3. The molecule has 4 nitrogen and oxygen atoms in total. The fourth-order valence-electron chi connectivity index (χ4n) is 8.85. The third-order valence-corrected chi connectivity index (χ3v) is 11.5. The molecular weight excluding hydrogens is 645 g/mol. The molecule has 2 aliphatic rings. The first kappa shape index (κ1) is 30.0. The second-order valence-corrected chi connectivity index (χ2v) is 15.0. The van der Waals surface area contributed by atoms with Crippen LogP contribution >= 0.6 is 0 Å². The fraction of sp³-hybridized carbons (Fsp3) is 0.0816. The Balaban J connectivity index is 1.09. The van der Waals surface area contributed by atoms with Crippen molar-refractivity contribution in [3.05, 3.63) is 187 Å². The molecule has 0 spiro atoms. The van der Waals surface area contributed by atoms with Crippen LogP contribution in [0.25, 0.3) is 60.8 Å². The molecule has 0 saturated carbocycles. The van der Waals surface area contributed by atoms with E-state index in [1.54, 1.807) is 0 Å². The van der Waals surface area contributed by atoms with Crippen molar-refractivity contribution in [1.29, 1.82) is 0 Å². The van der Waals surface area contributed by atoms with Crippen molar-refractivity contribution in [2.45, 2.75) is 25.4 Å². The van der Waals surface area contributed by atoms with E-state index >= 15 is 0 Å². The number of para-hydroxylation sites is 2. The number of rotatable bonds is 4. The van der Waals surface area contributed by atoms with Gasteiger partial charge in [-0.05, 0) is 110 Å². The normalized spacial score (nSPS) is 15.4. The first-order valence-electron chi connectivity index (χ1n) is 18.4. The highest BCUT2D eigenvalue weighted by molar-refractivity contribution is 5.98. The Kier molecular flexibility index (Phi) is 6.33. The number of imidazole rings is 1. The van der Waals surface area contributed by atoms with E-state index in [-0.39, 0.29) is 11.6 Å². The van der Waals surface area contributed by atoms with Crippen LogP contribution in [-0.2, 0) is 5.41 Å². The molecule has 8 aromatic carbocycles. The highest BCUT2D eigenvalue weighted by Crippen LogP contribution is 2.56. The quantitative estimate of drug-likeness (QED) is 0.201. The maximum atomic E-state index is 5.40. The summed E-state index contributed by atoms with van der Waals surface area (Å²) in [6.45, 7) is 4.75. The first-order valence-corrected chi connectivity index (χ1v) is 18.4. The summed E-state index contributed by atoms with van der Waals surface area (Å²) in [5, 5.41) is 8.90. The van der Waals surface area contributed by atoms with Crippen molar-refractivity contribution in [3.63, 3.8) is 0 Å². The van der Waals surface area contributed by atoms with Crippen LogP contribution in [0.15, 0.2) is 170 Å². The van der Waals surface area contributed by atoms with E-state index in [1.807, 2.05) is 0 Å². The van der Waals surface area contributed by atoms with E-state index in [9.17, 15) is 0 Å². The highest BCUT2D eigenvalue weighted by atomic mass is 15.3. The molecule has 11 rings (SSSR count). The van der Waals surface area contributed by atoms with Gasteiger partial charge in [-0.25, -0.2) is 4.98 Å². The molecule has 0 radical (unpaired) electrons. The predicted molar refractivity (Wildman–Crippen MR) is 220 cm³/mol. The molecular formula is C49H36N4. The minimum absolute atomic E-state index is 0.0457. The number of hydrogen-bond donors (Lipinski definition) is 1. The summed E-state index contributed by atoms with van der Waals surface area (Å²) in [7, 11) is 0. The summed E-state index contributed by atoms with van der Waals surface area (Å²) in [6.07, 6.45) is -0.0457. The number of fused-ring (bicyclic) bond motifs is 7. The Labute approximate surface area is 308 Å². The molecule has 1 unspecified atom stereocenters. The van der Waals surface area contributed by atoms with E-state index in [2.05, 4.69) is 198 Å². The van der Waals surface area contributed by atoms with Gasteiger partial charge in [0.1, 0.15) is 12.0 Å². The van der Waals surface area contributed by atoms with Gasteiger partial charge in [0.05, 0.1) is 22.4 Å². The van der Waals surface area contributed by atoms with Crippen molar-refractivity contribution in [2.24, 2.45) is 0 Å². The van der Waals surface area contributed by atoms with Crippen LogP contribution in [0.4, 0.5) is 17.1 Å². The molecule has 0 amide bonds. The Bertz CT molecular complexity index is 2900. The SMILES string of the molecule is CC1(C)c2cc3c(cc2-c2cc4nc(-c5ccc6ccccc6c5)n(-c5ccccc5)c4cc21)NC(c1ccc2ccccc2c1)N3c1ccccc1. The molecule has 2 heterocycles. The van der Waals surface area contributed by atoms with Crippen molar-refractivity contribution in [1.82, 2.24) is 9.55 Å². The zero-order chi connectivity index (χ0) is 35.3. The molecule has 1 N–H and O–H groups in total. The molecule has 0 bridgehead atoms. The molecule has 1 aliphatic heterocycles. The zero-order valence-electron chi connectivity index (χ0n) is 29.6. The minimum atomic E-state index is -0.230. The van der Waals surface area contributed by atoms with E-state index in [0.717, 1.165) is 33.8 Å². The van der Waals surface area contributed by atoms with Gasteiger partial charge in [0.15, 0.2) is 0 Å². The van der Waals surface area contributed by atoms with Crippen LogP contribution in [0, 0.1) is 0 Å². The number of nitrogens with one attached hydrogen (secondary N) is 1. The van der Waals surface area contributed by atoms with Crippen molar-refractivity contribution >= 4 is 49.6 Å². The van der Waals surface area contributed by atoms with Crippen LogP contribution in [0.5, 0.6) is 0 Å². The van der Waals surface area contributed by atoms with E-state index in [4.69, 9.17) is 4.98 Å². The minimum Gasteiger partial charge on any atom is -0.359 e. The van der Waals surface area contributed by atoms with E-state index in [0.29, 0.717) is 0 Å². The van der Waals surface area contributed by atoms with Crippen molar-refractivity contribution in [3.8, 4) is 28.2 Å². The van der Waals surface area contributed by atoms with Crippen LogP contribution in [0.1, 0.15) is 36.7 Å². The third kappa shape index (κ3) is 4.52. The van der Waals surface area contributed by atoms with Gasteiger partial charge in [-0.3, -0.25) is 4.57 Å². The van der Waals surface area contributed by atoms with Gasteiger partial charge in [0.2, 0.25) is 0 Å². The van der Waals surface area contributed by atoms with Gasteiger partial charge in [-0.15, -0.1) is 0 Å². The number of anilines is 3. The average Bonchev–Trinajstić information content (AvgIpc) is 3.84. The molecule has 1 atom stereocenters. The maximum Gasteiger partial charge on any atom is 0.145 e. The van der Waals surface area contributed by atoms with Crippen LogP contribution < -0.4 is 10.2 Å². The van der Waals surface area contributed by atoms with Gasteiger partial charge in [0, 0.05) is 22.4 Å². The largest absolute Gasteiger partial charge is 0.359 e. The molecule has 0 saturated heterocycles. The second-order valence-electron chi connectivity index (χ2n) is 15.0. The number of hydrogen-bond acceptors (Lipinski definition) is 3. The highest BCUT2D eigenvalue weighted by Gasteiger charge is 2.40. The van der Waals surface area contributed by atoms with Gasteiger partial charge < -0.3 is 10.2 Å². The molecule has 4 heteroatoms. The van der Waals surface area contributed by atoms with Gasteiger partial charge in [-0.1, -0.05) is 123 Å². The topological polar surface area (TPSA) is 33.1 Å². The zero-order valence-corrected chi connectivity index (χ0v) is 29.6. The molecule has 1 aromatic heterocycles. The summed E-state index contributed by atoms with van der Waals surface area (Å²) >= 11 is 0. The van der Waals surface area contributed by atoms with Crippen molar-refractivity contribution in [2.75, 3.05) is 10.2 Å². The summed E-state index contributed by atoms with van der Waals surface area (Å²) in [6, 6.07) is 61.6. The van der Waals surface area contributed by atoms with Crippen LogP contribution in [0.3, 0.4) is 0 Å². The van der Waals surface area contributed by atoms with Crippen molar-refractivity contribution < 1.29 is 0 Å². The number of benzene rings is 8. The lowest BCUT2D eigenvalue weighted by Crippen LogP contribution is -2.23. The monoisotopic (exact) mass is 680 g/mol. The van der Waals surface area contributed by atoms with Gasteiger partial charge in [-0.2, -0.15) is 0 Å². The van der Waals surface area contributed by atoms with Gasteiger partial charge in [0.25, 0.3) is 0 Å². The van der Waals surface area contributed by atoms with E-state index in [1.165, 1.54) is 60.7 Å². The second kappa shape index (κ2) is 11.2. The smallest absolute Gasteiger partial charge is 0.145 e. The maximum absolute atomic E-state index is 5.40. The Morgan fingerprint density at radius 3 is 1.89 bits per heavy atom. The molecule has 0 fully saturated rings. The first-order chi connectivity index (χ1) is 26.0. The van der Waals surface area contributed by atoms with Crippen LogP contribution in [0.2, 0.25) is 0 Å². The van der Waals surface area contributed by atoms with Gasteiger partial charge >= 0.3 is 0 Å². The lowest BCUT2D eigenvalue weighted by atomic mass is 9.82. The summed E-state index contributed by atoms with van der Waals surface area (Å²) in [5.41, 5.74) is 14.0. The third-order valence-electron chi connectivity index (χ3n) is 11.5. The van der Waals surface area contributed by atoms with E-state index < -0.39 is 0 Å². The predicted octanol–water partition coefficient (Wildman–Crippen LogP) is 12.6. The Morgan fingerprint density at radius 2 is 1.15 bits per heavy atom. The standard InChI is InChI=1S/C49H36N4/c1-49(2)41-29-45-43(50-47(52(45)37-17-5-3-6-18-37)35-23-21-31-13-9-11-15-33(31)25-35)27-39(41)40-28-44-46(30-42(40)49)53(38-19-7-4-8-20-38)48(51-44)36-24-22-32-14-10-12-16-34(32)26-36/h3-30,47,50H,1-2H3. The molecule has 1 aliphatic carbocycles. The summed E-state index contributed by atoms with van der Waals surface area (Å²) < 4.78 is 2.34. The summed E-state index contributed by atoms with van der Waals surface area (Å²) in [5.74, 6) is 0.950. The summed E-state index contributed by atoms with van der Waals surface area (Å²) in [4.78, 5) is 7.87. The number of aromatic nitrogens is 2. The van der Waals surface area contributed by atoms with Crippen LogP contribution in [-0.4, -0.2) is 9.55 Å².